The van der Waals surface area contributed by atoms with Crippen molar-refractivity contribution in [1.82, 2.24) is 9.88 Å². The molecule has 1 aromatic heterocycles. The van der Waals surface area contributed by atoms with Crippen molar-refractivity contribution in [3.8, 4) is 0 Å². The number of rotatable bonds is 1. The molecule has 2 aliphatic heterocycles. The van der Waals surface area contributed by atoms with Crippen molar-refractivity contribution in [3.63, 3.8) is 0 Å². The highest BCUT2D eigenvalue weighted by atomic mass is 32.1. The highest BCUT2D eigenvalue weighted by Gasteiger charge is 2.42. The molecule has 1 aromatic rings. The van der Waals surface area contributed by atoms with Crippen LogP contribution >= 0.6 is 11.3 Å². The first-order valence-corrected chi connectivity index (χ1v) is 6.69. The van der Waals surface area contributed by atoms with Gasteiger partial charge in [-0.3, -0.25) is 4.79 Å². The van der Waals surface area contributed by atoms with Crippen LogP contribution in [-0.2, 0) is 9.47 Å². The number of nitrogens with zero attached hydrogens (tertiary/aromatic N) is 2. The Morgan fingerprint density at radius 1 is 1.47 bits per heavy atom. The van der Waals surface area contributed by atoms with Gasteiger partial charge in [-0.1, -0.05) is 0 Å². The van der Waals surface area contributed by atoms with Gasteiger partial charge in [0.1, 0.15) is 5.69 Å². The lowest BCUT2D eigenvalue weighted by Crippen LogP contribution is -2.51. The van der Waals surface area contributed by atoms with Gasteiger partial charge in [-0.2, -0.15) is 0 Å². The maximum atomic E-state index is 12.2. The van der Waals surface area contributed by atoms with Crippen LogP contribution in [0.15, 0.2) is 10.9 Å². The number of carbonyl (C=O) groups excluding carboxylic acids is 1. The summed E-state index contributed by atoms with van der Waals surface area (Å²) in [4.78, 5) is 18.0. The second-order valence-corrected chi connectivity index (χ2v) is 5.03. The third-order valence-corrected chi connectivity index (χ3v) is 3.76. The van der Waals surface area contributed by atoms with E-state index in [1.165, 1.54) is 11.3 Å². The van der Waals surface area contributed by atoms with E-state index in [-0.39, 0.29) is 5.91 Å². The van der Waals surface area contributed by atoms with Crippen molar-refractivity contribution >= 4 is 17.2 Å². The number of carbonyl (C=O) groups is 1. The molecule has 0 N–H and O–H groups in total. The molecule has 3 rings (SSSR count). The van der Waals surface area contributed by atoms with Crippen molar-refractivity contribution in [2.45, 2.75) is 18.6 Å². The van der Waals surface area contributed by atoms with Crippen molar-refractivity contribution in [3.05, 3.63) is 16.6 Å². The first-order valence-electron chi connectivity index (χ1n) is 5.74. The van der Waals surface area contributed by atoms with Crippen LogP contribution in [-0.4, -0.2) is 47.9 Å². The van der Waals surface area contributed by atoms with Gasteiger partial charge in [0.25, 0.3) is 5.91 Å². The van der Waals surface area contributed by atoms with Crippen molar-refractivity contribution in [1.29, 1.82) is 0 Å². The highest BCUT2D eigenvalue weighted by molar-refractivity contribution is 7.07. The molecule has 1 spiro atoms. The van der Waals surface area contributed by atoms with Crippen LogP contribution in [0.5, 0.6) is 0 Å². The lowest BCUT2D eigenvalue weighted by molar-refractivity contribution is -0.183. The Balaban J connectivity index is 1.73. The molecule has 2 saturated heterocycles. The second kappa shape index (κ2) is 4.36. The summed E-state index contributed by atoms with van der Waals surface area (Å²) >= 11 is 1.43. The molecule has 6 heteroatoms. The van der Waals surface area contributed by atoms with Crippen LogP contribution in [0, 0.1) is 0 Å². The summed E-state index contributed by atoms with van der Waals surface area (Å²) in [5, 5.41) is 1.78. The number of hydrogen-bond acceptors (Lipinski definition) is 5. The zero-order valence-corrected chi connectivity index (χ0v) is 10.2. The van der Waals surface area contributed by atoms with E-state index in [2.05, 4.69) is 4.98 Å². The molecule has 0 aromatic carbocycles. The normalized spacial score (nSPS) is 23.2. The molecule has 0 aliphatic carbocycles. The minimum absolute atomic E-state index is 0.0237. The molecule has 0 radical (unpaired) electrons. The Morgan fingerprint density at radius 3 is 3.00 bits per heavy atom. The summed E-state index contributed by atoms with van der Waals surface area (Å²) in [5.41, 5.74) is 2.19. The molecule has 1 amide bonds. The minimum Gasteiger partial charge on any atom is -0.346 e. The fraction of sp³-hybridized carbons (Fsp3) is 0.636. The molecule has 5 nitrogen and oxygen atoms in total. The predicted molar refractivity (Wildman–Crippen MR) is 61.9 cm³/mol. The maximum absolute atomic E-state index is 12.2. The molecular weight excluding hydrogens is 240 g/mol. The van der Waals surface area contributed by atoms with Gasteiger partial charge in [0.15, 0.2) is 5.79 Å². The van der Waals surface area contributed by atoms with Gasteiger partial charge < -0.3 is 14.4 Å². The van der Waals surface area contributed by atoms with Crippen LogP contribution in [0.3, 0.4) is 0 Å². The van der Waals surface area contributed by atoms with Gasteiger partial charge >= 0.3 is 0 Å². The molecular formula is C11H14N2O3S. The predicted octanol–water partition coefficient (Wildman–Crippen LogP) is 1.12. The largest absolute Gasteiger partial charge is 0.346 e. The fourth-order valence-electron chi connectivity index (χ4n) is 2.37. The number of hydrogen-bond donors (Lipinski definition) is 0. The number of amides is 1. The molecule has 2 aliphatic rings. The van der Waals surface area contributed by atoms with E-state index in [0.29, 0.717) is 25.5 Å². The lowest BCUT2D eigenvalue weighted by Gasteiger charge is -2.38. The Morgan fingerprint density at radius 2 is 2.29 bits per heavy atom. The van der Waals surface area contributed by atoms with Gasteiger partial charge in [0.05, 0.1) is 25.3 Å². The van der Waals surface area contributed by atoms with Crippen LogP contribution < -0.4 is 0 Å². The number of ether oxygens (including phenoxy) is 2. The monoisotopic (exact) mass is 254 g/mol. The van der Waals surface area contributed by atoms with Gasteiger partial charge in [-0.15, -0.1) is 11.3 Å². The summed E-state index contributed by atoms with van der Waals surface area (Å²) < 4.78 is 11.3. The topological polar surface area (TPSA) is 51.7 Å². The van der Waals surface area contributed by atoms with Crippen molar-refractivity contribution < 1.29 is 14.3 Å². The van der Waals surface area contributed by atoms with Crippen LogP contribution in [0.25, 0.3) is 0 Å². The van der Waals surface area contributed by atoms with Gasteiger partial charge in [-0.25, -0.2) is 4.98 Å². The van der Waals surface area contributed by atoms with Gasteiger partial charge in [0.2, 0.25) is 0 Å². The van der Waals surface area contributed by atoms with Crippen LogP contribution in [0.1, 0.15) is 23.3 Å². The van der Waals surface area contributed by atoms with Crippen molar-refractivity contribution in [2.24, 2.45) is 0 Å². The van der Waals surface area contributed by atoms with E-state index in [4.69, 9.17) is 9.47 Å². The van der Waals surface area contributed by atoms with Gasteiger partial charge in [-0.05, 0) is 6.42 Å². The zero-order chi connectivity index (χ0) is 11.7. The number of piperidine rings is 1. The van der Waals surface area contributed by atoms with E-state index in [1.54, 1.807) is 15.8 Å². The summed E-state index contributed by atoms with van der Waals surface area (Å²) in [7, 11) is 0. The smallest absolute Gasteiger partial charge is 0.273 e. The van der Waals surface area contributed by atoms with E-state index in [9.17, 15) is 4.79 Å². The number of aromatic nitrogens is 1. The van der Waals surface area contributed by atoms with Crippen LogP contribution in [0.2, 0.25) is 0 Å². The third kappa shape index (κ3) is 2.08. The lowest BCUT2D eigenvalue weighted by atomic mass is 10.0. The molecule has 92 valence electrons. The SMILES string of the molecule is O=C(c1cscn1)N1CCCC2(C1)OCCO2. The molecule has 0 unspecified atom stereocenters. The Hall–Kier alpha value is -0.980. The molecule has 0 atom stereocenters. The van der Waals surface area contributed by atoms with E-state index in [0.717, 1.165) is 19.4 Å². The van der Waals surface area contributed by atoms with E-state index < -0.39 is 5.79 Å². The molecule has 0 bridgehead atoms. The third-order valence-electron chi connectivity index (χ3n) is 3.17. The first kappa shape index (κ1) is 11.1. The van der Waals surface area contributed by atoms with E-state index >= 15 is 0 Å². The van der Waals surface area contributed by atoms with Gasteiger partial charge in [0, 0.05) is 18.3 Å². The Labute approximate surface area is 103 Å². The summed E-state index contributed by atoms with van der Waals surface area (Å²) in [6.07, 6.45) is 1.78. The summed E-state index contributed by atoms with van der Waals surface area (Å²) in [6.45, 7) is 2.52. The maximum Gasteiger partial charge on any atom is 0.273 e. The molecule has 17 heavy (non-hydrogen) atoms. The fourth-order valence-corrected chi connectivity index (χ4v) is 2.90. The summed E-state index contributed by atoms with van der Waals surface area (Å²) in [5.74, 6) is -0.575. The van der Waals surface area contributed by atoms with E-state index in [1.807, 2.05) is 0 Å². The average molecular weight is 254 g/mol. The minimum atomic E-state index is -0.552. The molecule has 3 heterocycles. The molecule has 2 fully saturated rings. The average Bonchev–Trinajstić information content (AvgIpc) is 3.00. The van der Waals surface area contributed by atoms with Crippen LogP contribution in [0.4, 0.5) is 0 Å². The number of thiazole rings is 1. The number of likely N-dealkylation sites (tertiary alicyclic amines) is 1. The Bertz CT molecular complexity index is 401. The zero-order valence-electron chi connectivity index (χ0n) is 9.42. The quantitative estimate of drug-likeness (QED) is 0.753. The van der Waals surface area contributed by atoms with Crippen molar-refractivity contribution in [2.75, 3.05) is 26.3 Å². The Kier molecular flexibility index (Phi) is 2.85. The summed E-state index contributed by atoms with van der Waals surface area (Å²) in [6, 6.07) is 0. The standard InChI is InChI=1S/C11H14N2O3S/c14-10(9-6-17-8-12-9)13-3-1-2-11(7-13)15-4-5-16-11/h6,8H,1-5,7H2. The second-order valence-electron chi connectivity index (χ2n) is 4.31. The molecule has 0 saturated carbocycles. The first-order chi connectivity index (χ1) is 8.29. The highest BCUT2D eigenvalue weighted by Crippen LogP contribution is 2.30.